The van der Waals surface area contributed by atoms with Crippen LogP contribution in [-0.4, -0.2) is 83.7 Å². The number of carbonyl (C=O) groups excluding carboxylic acids is 1. The van der Waals surface area contributed by atoms with Gasteiger partial charge in [-0.3, -0.25) is 9.78 Å². The summed E-state index contributed by atoms with van der Waals surface area (Å²) in [5.41, 5.74) is -6.86. The number of carbonyl (C=O) groups is 1. The van der Waals surface area contributed by atoms with Gasteiger partial charge in [0, 0.05) is 6.20 Å². The third kappa shape index (κ3) is 8.46. The largest absolute Gasteiger partial charge is 0.462 e. The van der Waals surface area contributed by atoms with Crippen LogP contribution in [0.25, 0.3) is 0 Å². The van der Waals surface area contributed by atoms with E-state index in [1.165, 1.54) is 51.9 Å². The van der Waals surface area contributed by atoms with Crippen molar-refractivity contribution in [3.8, 4) is 0 Å². The van der Waals surface area contributed by atoms with Crippen LogP contribution >= 0.6 is 0 Å². The monoisotopic (exact) mass is 605 g/mol. The molecule has 1 fully saturated rings. The van der Waals surface area contributed by atoms with Gasteiger partial charge >= 0.3 is 17.6 Å². The van der Waals surface area contributed by atoms with E-state index in [4.69, 9.17) is 9.47 Å². The molecule has 0 spiro atoms. The number of H-pyrrole nitrogens is 1. The molecule has 0 amide bonds. The highest BCUT2D eigenvalue weighted by atomic mass is 19.1. The number of aliphatic hydroxyl groups is 4. The first-order chi connectivity index (χ1) is 20.0. The van der Waals surface area contributed by atoms with Gasteiger partial charge in [0.15, 0.2) is 6.30 Å². The molecule has 13 nitrogen and oxygen atoms in total. The SMILES string of the molecule is CCCCCCCCCCCCCCCC(F)N(O)[C@@]1(O)[C@H](O)[C@@H](CO)O[C@]1(O)n1cc(C(=O)OCC)c(=O)[nH]c1=O. The lowest BCUT2D eigenvalue weighted by Crippen LogP contribution is -2.70. The molecule has 0 aliphatic carbocycles. The Bertz CT molecular complexity index is 1080. The number of aromatic amines is 1. The maximum absolute atomic E-state index is 15.2. The molecule has 2 rings (SSSR count). The minimum atomic E-state index is -3.46. The Kier molecular flexibility index (Phi) is 14.7. The Morgan fingerprint density at radius 3 is 2.07 bits per heavy atom. The van der Waals surface area contributed by atoms with Gasteiger partial charge in [-0.15, -0.1) is 5.06 Å². The lowest BCUT2D eigenvalue weighted by atomic mass is 9.99. The molecular weight excluding hydrogens is 557 g/mol. The van der Waals surface area contributed by atoms with Gasteiger partial charge in [-0.05, 0) is 19.8 Å². The second kappa shape index (κ2) is 17.2. The van der Waals surface area contributed by atoms with Crippen LogP contribution in [0.1, 0.15) is 114 Å². The van der Waals surface area contributed by atoms with Gasteiger partial charge in [-0.25, -0.2) is 18.5 Å². The first-order valence-electron chi connectivity index (χ1n) is 15.1. The summed E-state index contributed by atoms with van der Waals surface area (Å²) in [6, 6.07) is 0. The van der Waals surface area contributed by atoms with Crippen molar-refractivity contribution in [3.63, 3.8) is 0 Å². The van der Waals surface area contributed by atoms with Crippen molar-refractivity contribution < 1.29 is 44.3 Å². The molecule has 14 heteroatoms. The van der Waals surface area contributed by atoms with E-state index in [-0.39, 0.29) is 22.7 Å². The zero-order valence-corrected chi connectivity index (χ0v) is 24.7. The molecule has 1 aliphatic rings. The zero-order chi connectivity index (χ0) is 31.3. The highest BCUT2D eigenvalue weighted by Crippen LogP contribution is 2.44. The molecule has 5 atom stereocenters. The summed E-state index contributed by atoms with van der Waals surface area (Å²) in [5.74, 6) is -4.65. The third-order valence-corrected chi connectivity index (χ3v) is 7.66. The van der Waals surface area contributed by atoms with E-state index in [2.05, 4.69) is 6.92 Å². The Hall–Kier alpha value is -2.20. The predicted molar refractivity (Wildman–Crippen MR) is 149 cm³/mol. The van der Waals surface area contributed by atoms with Crippen molar-refractivity contribution in [1.29, 1.82) is 0 Å². The number of hydroxylamine groups is 2. The van der Waals surface area contributed by atoms with E-state index in [1.54, 1.807) is 4.98 Å². The van der Waals surface area contributed by atoms with E-state index in [0.29, 0.717) is 19.0 Å². The molecule has 2 heterocycles. The lowest BCUT2D eigenvalue weighted by molar-refractivity contribution is -0.428. The van der Waals surface area contributed by atoms with Gasteiger partial charge in [0.05, 0.1) is 13.2 Å². The molecule has 0 bridgehead atoms. The molecule has 0 radical (unpaired) electrons. The number of aromatic nitrogens is 2. The zero-order valence-electron chi connectivity index (χ0n) is 24.7. The molecule has 1 aromatic heterocycles. The fourth-order valence-corrected chi connectivity index (χ4v) is 5.19. The van der Waals surface area contributed by atoms with Crippen LogP contribution < -0.4 is 11.2 Å². The van der Waals surface area contributed by atoms with E-state index in [0.717, 1.165) is 25.7 Å². The summed E-state index contributed by atoms with van der Waals surface area (Å²) >= 11 is 0. The van der Waals surface area contributed by atoms with E-state index < -0.39 is 59.5 Å². The van der Waals surface area contributed by atoms with Crippen LogP contribution in [0.3, 0.4) is 0 Å². The fraction of sp³-hybridized carbons (Fsp3) is 0.821. The highest BCUT2D eigenvalue weighted by molar-refractivity contribution is 5.88. The number of nitrogens with zero attached hydrogens (tertiary/aromatic N) is 2. The summed E-state index contributed by atoms with van der Waals surface area (Å²) in [4.78, 5) is 38.7. The van der Waals surface area contributed by atoms with Crippen LogP contribution in [0.5, 0.6) is 0 Å². The van der Waals surface area contributed by atoms with Crippen LogP contribution in [-0.2, 0) is 15.4 Å². The molecule has 1 aromatic rings. The Labute approximate surface area is 244 Å². The molecule has 1 saturated heterocycles. The minimum absolute atomic E-state index is 0.112. The molecule has 242 valence electrons. The maximum atomic E-state index is 15.2. The van der Waals surface area contributed by atoms with Crippen molar-refractivity contribution in [1.82, 2.24) is 14.6 Å². The number of esters is 1. The summed E-state index contributed by atoms with van der Waals surface area (Å²) in [7, 11) is 0. The first-order valence-corrected chi connectivity index (χ1v) is 15.1. The number of unbranched alkanes of at least 4 members (excludes halogenated alkanes) is 12. The van der Waals surface area contributed by atoms with Crippen molar-refractivity contribution >= 4 is 5.97 Å². The molecule has 42 heavy (non-hydrogen) atoms. The number of hydrogen-bond acceptors (Lipinski definition) is 11. The van der Waals surface area contributed by atoms with Gasteiger partial charge in [-0.1, -0.05) is 84.0 Å². The summed E-state index contributed by atoms with van der Waals surface area (Å²) in [6.45, 7) is 2.50. The molecule has 1 unspecified atom stereocenters. The summed E-state index contributed by atoms with van der Waals surface area (Å²) in [5, 5.41) is 53.3. The second-order valence-electron chi connectivity index (χ2n) is 10.8. The Balaban J connectivity index is 2.03. The number of alkyl halides is 1. The minimum Gasteiger partial charge on any atom is -0.462 e. The lowest BCUT2D eigenvalue weighted by Gasteiger charge is -2.43. The van der Waals surface area contributed by atoms with Crippen LogP contribution in [0.4, 0.5) is 4.39 Å². The average Bonchev–Trinajstić information content (AvgIpc) is 3.16. The average molecular weight is 606 g/mol. The first kappa shape index (κ1) is 36.0. The summed E-state index contributed by atoms with van der Waals surface area (Å²) < 4.78 is 25.2. The van der Waals surface area contributed by atoms with Gasteiger partial charge in [-0.2, -0.15) is 0 Å². The molecule has 1 aliphatic heterocycles. The molecule has 0 saturated carbocycles. The van der Waals surface area contributed by atoms with Crippen LogP contribution in [0, 0.1) is 0 Å². The van der Waals surface area contributed by atoms with Gasteiger partial charge < -0.3 is 35.1 Å². The Morgan fingerprint density at radius 2 is 1.57 bits per heavy atom. The predicted octanol–water partition coefficient (Wildman–Crippen LogP) is 2.22. The number of ether oxygens (including phenoxy) is 2. The van der Waals surface area contributed by atoms with Crippen molar-refractivity contribution in [3.05, 3.63) is 32.6 Å². The Morgan fingerprint density at radius 1 is 1.05 bits per heavy atom. The maximum Gasteiger partial charge on any atom is 0.345 e. The quantitative estimate of drug-likeness (QED) is 0.0419. The topological polar surface area (TPSA) is 195 Å². The van der Waals surface area contributed by atoms with Crippen LogP contribution in [0.2, 0.25) is 0 Å². The molecule has 6 N–H and O–H groups in total. The highest BCUT2D eigenvalue weighted by Gasteiger charge is 2.71. The number of hydrogen-bond donors (Lipinski definition) is 6. The number of aliphatic hydroxyl groups excluding tert-OH is 2. The normalized spacial score (nSPS) is 24.8. The fourth-order valence-electron chi connectivity index (χ4n) is 5.19. The van der Waals surface area contributed by atoms with Crippen molar-refractivity contribution in [2.45, 2.75) is 134 Å². The molecule has 0 aromatic carbocycles. The van der Waals surface area contributed by atoms with Crippen LogP contribution in [0.15, 0.2) is 15.8 Å². The van der Waals surface area contributed by atoms with E-state index in [9.17, 15) is 40.0 Å². The molecular formula is C28H48FN3O10. The van der Waals surface area contributed by atoms with Gasteiger partial charge in [0.1, 0.15) is 17.8 Å². The van der Waals surface area contributed by atoms with E-state index >= 15 is 4.39 Å². The smallest absolute Gasteiger partial charge is 0.345 e. The number of rotatable bonds is 20. The van der Waals surface area contributed by atoms with Gasteiger partial charge in [0.2, 0.25) is 5.72 Å². The number of nitrogens with one attached hydrogen (secondary N) is 1. The van der Waals surface area contributed by atoms with E-state index in [1.807, 2.05) is 0 Å². The standard InChI is InChI=1S/C28H48FN3O10/c1-3-5-6-7-8-9-10-11-12-13-14-15-16-17-22(29)32(40)27(38)23(34)21(19-33)42-28(27,39)31-18-20(25(36)41-4-2)24(35)30-26(31)37/h18,21-23,33-34,38-40H,3-17,19H2,1-2H3,(H,30,35,37)/t21-,22?,23-,27-,28+/m1/s1. The van der Waals surface area contributed by atoms with Crippen molar-refractivity contribution in [2.24, 2.45) is 0 Å². The van der Waals surface area contributed by atoms with Gasteiger partial charge in [0.25, 0.3) is 5.56 Å². The summed E-state index contributed by atoms with van der Waals surface area (Å²) in [6.07, 6.45) is 7.45. The number of halogens is 1. The third-order valence-electron chi connectivity index (χ3n) is 7.66. The second-order valence-corrected chi connectivity index (χ2v) is 10.8. The van der Waals surface area contributed by atoms with Crippen molar-refractivity contribution in [2.75, 3.05) is 13.2 Å².